The molecule has 0 saturated heterocycles. The first-order chi connectivity index (χ1) is 14.5. The fraction of sp³-hybridized carbons (Fsp3) is 0.0476. The molecule has 0 radical (unpaired) electrons. The van der Waals surface area contributed by atoms with Gasteiger partial charge in [-0.05, 0) is 54.6 Å². The molecule has 4 rings (SSSR count). The molecule has 2 aromatic heterocycles. The van der Waals surface area contributed by atoms with Crippen LogP contribution >= 0.6 is 46.6 Å². The van der Waals surface area contributed by atoms with E-state index < -0.39 is 0 Å². The molecule has 0 aliphatic heterocycles. The molecule has 0 atom stereocenters. The minimum Gasteiger partial charge on any atom is -0.293 e. The standard InChI is InChI=1S/C21H13Cl3N4OS/c22-15-4-6-16(7-5-15)28-20(14-2-1-9-25-11-14)26-27-21(28)30-12-19(29)13-3-8-17(23)18(24)10-13/h1-11H,12H2. The van der Waals surface area contributed by atoms with Crippen molar-refractivity contribution in [3.8, 4) is 17.1 Å². The SMILES string of the molecule is O=C(CSc1nnc(-c2cccnc2)n1-c1ccc(Cl)cc1)c1ccc(Cl)c(Cl)c1. The van der Waals surface area contributed by atoms with Crippen LogP contribution < -0.4 is 0 Å². The van der Waals surface area contributed by atoms with E-state index in [-0.39, 0.29) is 11.5 Å². The highest BCUT2D eigenvalue weighted by Gasteiger charge is 2.18. The number of rotatable bonds is 6. The third kappa shape index (κ3) is 4.52. The summed E-state index contributed by atoms with van der Waals surface area (Å²) in [5, 5.41) is 10.6. The Hall–Kier alpha value is -2.38. The molecule has 5 nitrogen and oxygen atoms in total. The van der Waals surface area contributed by atoms with Gasteiger partial charge in [-0.2, -0.15) is 0 Å². The lowest BCUT2D eigenvalue weighted by Crippen LogP contribution is -2.05. The van der Waals surface area contributed by atoms with Gasteiger partial charge in [-0.25, -0.2) is 0 Å². The van der Waals surface area contributed by atoms with Crippen LogP contribution in [0.2, 0.25) is 15.1 Å². The van der Waals surface area contributed by atoms with Gasteiger partial charge < -0.3 is 0 Å². The normalized spacial score (nSPS) is 10.9. The Labute approximate surface area is 192 Å². The van der Waals surface area contributed by atoms with Crippen molar-refractivity contribution >= 4 is 52.3 Å². The molecule has 0 spiro atoms. The van der Waals surface area contributed by atoms with Gasteiger partial charge in [0.15, 0.2) is 16.8 Å². The summed E-state index contributed by atoms with van der Waals surface area (Å²) in [7, 11) is 0. The van der Waals surface area contributed by atoms with Crippen molar-refractivity contribution < 1.29 is 4.79 Å². The van der Waals surface area contributed by atoms with Crippen molar-refractivity contribution in [2.24, 2.45) is 0 Å². The second-order valence-electron chi connectivity index (χ2n) is 6.20. The van der Waals surface area contributed by atoms with E-state index in [0.29, 0.717) is 31.6 Å². The monoisotopic (exact) mass is 474 g/mol. The zero-order valence-corrected chi connectivity index (χ0v) is 18.4. The highest BCUT2D eigenvalue weighted by molar-refractivity contribution is 7.99. The number of hydrogen-bond donors (Lipinski definition) is 0. The third-order valence-electron chi connectivity index (χ3n) is 4.21. The van der Waals surface area contributed by atoms with E-state index in [0.717, 1.165) is 11.3 Å². The Kier molecular flexibility index (Phi) is 6.39. The summed E-state index contributed by atoms with van der Waals surface area (Å²) in [4.78, 5) is 16.8. The van der Waals surface area contributed by atoms with E-state index in [1.807, 2.05) is 28.8 Å². The highest BCUT2D eigenvalue weighted by atomic mass is 35.5. The predicted octanol–water partition coefficient (Wildman–Crippen LogP) is 6.26. The first-order valence-corrected chi connectivity index (χ1v) is 10.9. The fourth-order valence-electron chi connectivity index (χ4n) is 2.75. The maximum Gasteiger partial charge on any atom is 0.196 e. The van der Waals surface area contributed by atoms with Crippen molar-refractivity contribution in [1.82, 2.24) is 19.7 Å². The van der Waals surface area contributed by atoms with Crippen molar-refractivity contribution in [3.05, 3.63) is 87.6 Å². The Balaban J connectivity index is 1.66. The number of pyridine rings is 1. The van der Waals surface area contributed by atoms with Gasteiger partial charge in [-0.15, -0.1) is 10.2 Å². The van der Waals surface area contributed by atoms with Crippen LogP contribution in [0.3, 0.4) is 0 Å². The Bertz CT molecular complexity index is 1200. The van der Waals surface area contributed by atoms with Crippen LogP contribution in [0.25, 0.3) is 17.1 Å². The topological polar surface area (TPSA) is 60.7 Å². The maximum atomic E-state index is 12.6. The molecule has 9 heteroatoms. The minimum absolute atomic E-state index is 0.0906. The van der Waals surface area contributed by atoms with Crippen LogP contribution in [0.15, 0.2) is 72.1 Å². The Morgan fingerprint density at radius 3 is 2.47 bits per heavy atom. The molecule has 0 bridgehead atoms. The zero-order valence-electron chi connectivity index (χ0n) is 15.3. The molecule has 4 aromatic rings. The van der Waals surface area contributed by atoms with E-state index in [1.165, 1.54) is 11.8 Å². The number of Topliss-reactive ketones (excluding diaryl/α,β-unsaturated/α-hetero) is 1. The van der Waals surface area contributed by atoms with Gasteiger partial charge in [0.2, 0.25) is 0 Å². The Morgan fingerprint density at radius 2 is 1.77 bits per heavy atom. The summed E-state index contributed by atoms with van der Waals surface area (Å²) in [6, 6.07) is 15.9. The van der Waals surface area contributed by atoms with Crippen molar-refractivity contribution in [2.75, 3.05) is 5.75 Å². The van der Waals surface area contributed by atoms with Crippen LogP contribution in [-0.2, 0) is 0 Å². The number of aromatic nitrogens is 4. The number of nitrogens with zero attached hydrogens (tertiary/aromatic N) is 4. The first kappa shape index (κ1) is 20.9. The second-order valence-corrected chi connectivity index (χ2v) is 8.39. The zero-order chi connectivity index (χ0) is 21.1. The first-order valence-electron chi connectivity index (χ1n) is 8.76. The molecule has 0 aliphatic carbocycles. The molecule has 150 valence electrons. The summed E-state index contributed by atoms with van der Waals surface area (Å²) >= 11 is 19.3. The molecule has 0 N–H and O–H groups in total. The smallest absolute Gasteiger partial charge is 0.196 e. The molecular formula is C21H13Cl3N4OS. The van der Waals surface area contributed by atoms with Crippen LogP contribution in [0.1, 0.15) is 10.4 Å². The molecule has 0 unspecified atom stereocenters. The molecule has 30 heavy (non-hydrogen) atoms. The number of hydrogen-bond acceptors (Lipinski definition) is 5. The minimum atomic E-state index is -0.0906. The lowest BCUT2D eigenvalue weighted by atomic mass is 10.1. The van der Waals surface area contributed by atoms with Crippen molar-refractivity contribution in [3.63, 3.8) is 0 Å². The third-order valence-corrected chi connectivity index (χ3v) is 6.13. The van der Waals surface area contributed by atoms with Gasteiger partial charge in [0.1, 0.15) is 0 Å². The van der Waals surface area contributed by atoms with Crippen LogP contribution in [0, 0.1) is 0 Å². The number of halogens is 3. The predicted molar refractivity (Wildman–Crippen MR) is 121 cm³/mol. The van der Waals surface area contributed by atoms with Crippen LogP contribution in [0.5, 0.6) is 0 Å². The largest absolute Gasteiger partial charge is 0.293 e. The average molecular weight is 476 g/mol. The van der Waals surface area contributed by atoms with Gasteiger partial charge in [-0.3, -0.25) is 14.3 Å². The van der Waals surface area contributed by atoms with Gasteiger partial charge in [0.05, 0.1) is 15.8 Å². The van der Waals surface area contributed by atoms with E-state index in [9.17, 15) is 4.79 Å². The molecule has 0 saturated carbocycles. The number of carbonyl (C=O) groups is 1. The summed E-state index contributed by atoms with van der Waals surface area (Å²) in [6.07, 6.45) is 3.41. The van der Waals surface area contributed by atoms with Gasteiger partial charge in [0.25, 0.3) is 0 Å². The Morgan fingerprint density at radius 1 is 0.967 bits per heavy atom. The summed E-state index contributed by atoms with van der Waals surface area (Å²) in [5.41, 5.74) is 2.12. The molecule has 0 fully saturated rings. The lowest BCUT2D eigenvalue weighted by molar-refractivity contribution is 0.102. The molecule has 0 amide bonds. The average Bonchev–Trinajstić information content (AvgIpc) is 3.19. The number of carbonyl (C=O) groups excluding carboxylic acids is 1. The molecule has 0 aliphatic rings. The van der Waals surface area contributed by atoms with E-state index >= 15 is 0 Å². The molecule has 2 aromatic carbocycles. The van der Waals surface area contributed by atoms with Crippen LogP contribution in [-0.4, -0.2) is 31.3 Å². The van der Waals surface area contributed by atoms with Gasteiger partial charge in [0, 0.05) is 34.2 Å². The molecular weight excluding hydrogens is 463 g/mol. The highest BCUT2D eigenvalue weighted by Crippen LogP contribution is 2.29. The van der Waals surface area contributed by atoms with Crippen molar-refractivity contribution in [2.45, 2.75) is 5.16 Å². The molecule has 2 heterocycles. The van der Waals surface area contributed by atoms with E-state index in [4.69, 9.17) is 34.8 Å². The number of ketones is 1. The number of thioether (sulfide) groups is 1. The second kappa shape index (κ2) is 9.18. The summed E-state index contributed by atoms with van der Waals surface area (Å²) < 4.78 is 1.88. The van der Waals surface area contributed by atoms with Crippen molar-refractivity contribution in [1.29, 1.82) is 0 Å². The van der Waals surface area contributed by atoms with Crippen LogP contribution in [0.4, 0.5) is 0 Å². The fourth-order valence-corrected chi connectivity index (χ4v) is 4.02. The maximum absolute atomic E-state index is 12.6. The van der Waals surface area contributed by atoms with E-state index in [1.54, 1.807) is 42.7 Å². The van der Waals surface area contributed by atoms with Gasteiger partial charge in [-0.1, -0.05) is 46.6 Å². The van der Waals surface area contributed by atoms with Gasteiger partial charge >= 0.3 is 0 Å². The van der Waals surface area contributed by atoms with E-state index in [2.05, 4.69) is 15.2 Å². The summed E-state index contributed by atoms with van der Waals surface area (Å²) in [6.45, 7) is 0. The lowest BCUT2D eigenvalue weighted by Gasteiger charge is -2.10. The quantitative estimate of drug-likeness (QED) is 0.243. The summed E-state index contributed by atoms with van der Waals surface area (Å²) in [5.74, 6) is 0.693. The number of benzene rings is 2.